The van der Waals surface area contributed by atoms with Crippen LogP contribution in [0.5, 0.6) is 11.5 Å². The summed E-state index contributed by atoms with van der Waals surface area (Å²) >= 11 is 1.77. The van der Waals surface area contributed by atoms with E-state index in [-0.39, 0.29) is 35.4 Å². The minimum atomic E-state index is -0.769. The van der Waals surface area contributed by atoms with Gasteiger partial charge in [0.25, 0.3) is 11.5 Å². The Morgan fingerprint density at radius 1 is 1.04 bits per heavy atom. The zero-order chi connectivity index (χ0) is 39.1. The van der Waals surface area contributed by atoms with Crippen molar-refractivity contribution < 1.29 is 28.7 Å². The van der Waals surface area contributed by atoms with Crippen molar-refractivity contribution in [3.8, 4) is 22.6 Å². The fourth-order valence-electron chi connectivity index (χ4n) is 7.03. The first-order chi connectivity index (χ1) is 26.6. The maximum Gasteiger partial charge on any atom is 0.259 e. The van der Waals surface area contributed by atoms with Gasteiger partial charge >= 0.3 is 0 Å². The number of nitrogens with one attached hydrogen (secondary N) is 3. The molecule has 2 saturated heterocycles. The predicted octanol–water partition coefficient (Wildman–Crippen LogP) is 4.01. The van der Waals surface area contributed by atoms with E-state index in [4.69, 9.17) is 9.47 Å². The molecular weight excluding hydrogens is 723 g/mol. The molecule has 0 radical (unpaired) electrons. The van der Waals surface area contributed by atoms with Gasteiger partial charge in [-0.05, 0) is 66.6 Å². The Balaban J connectivity index is 0.921. The van der Waals surface area contributed by atoms with Crippen molar-refractivity contribution in [2.75, 3.05) is 52.8 Å². The molecule has 1 atom stereocenters. The molecule has 3 N–H and O–H groups in total. The number of amides is 3. The maximum atomic E-state index is 13.3. The zero-order valence-corrected chi connectivity index (χ0v) is 32.4. The van der Waals surface area contributed by atoms with Crippen LogP contribution in [-0.2, 0) is 23.2 Å². The highest BCUT2D eigenvalue weighted by Crippen LogP contribution is 2.38. The number of hydrogen-bond donors (Lipinski definition) is 3. The first-order valence-corrected chi connectivity index (χ1v) is 19.2. The Labute approximate surface area is 324 Å². The van der Waals surface area contributed by atoms with E-state index >= 15 is 0 Å². The summed E-state index contributed by atoms with van der Waals surface area (Å²) in [5.41, 5.74) is 3.86. The molecule has 4 heterocycles. The van der Waals surface area contributed by atoms with Crippen molar-refractivity contribution >= 4 is 52.4 Å². The first kappa shape index (κ1) is 39.4. The highest BCUT2D eigenvalue weighted by Gasteiger charge is 2.33. The molecule has 0 saturated carbocycles. The number of nitrogens with zero attached hydrogens (tertiary/aromatic N) is 4. The Hall–Kier alpha value is -5.25. The molecule has 15 heteroatoms. The minimum absolute atomic E-state index is 0.0961. The predicted molar refractivity (Wildman–Crippen MR) is 213 cm³/mol. The highest BCUT2D eigenvalue weighted by molar-refractivity contribution is 7.98. The number of aldehydes is 1. The van der Waals surface area contributed by atoms with Gasteiger partial charge in [0.1, 0.15) is 17.5 Å². The summed E-state index contributed by atoms with van der Waals surface area (Å²) in [5.74, 6) is 0.161. The fraction of sp³-hybridized carbons (Fsp3) is 0.400. The number of aryl methyl sites for hydroxylation is 1. The number of likely N-dealkylation sites (N-methyl/N-ethyl adjacent to an activating group) is 1. The van der Waals surface area contributed by atoms with E-state index in [0.717, 1.165) is 78.2 Å². The topological polar surface area (TPSA) is 164 Å². The number of benzene rings is 2. The summed E-state index contributed by atoms with van der Waals surface area (Å²) in [6.07, 6.45) is 9.12. The molecule has 4 aromatic rings. The molecule has 55 heavy (non-hydrogen) atoms. The number of aromatic nitrogens is 2. The van der Waals surface area contributed by atoms with Gasteiger partial charge in [-0.2, -0.15) is 0 Å². The first-order valence-electron chi connectivity index (χ1n) is 18.3. The van der Waals surface area contributed by atoms with E-state index in [1.165, 1.54) is 11.9 Å². The molecule has 290 valence electrons. The molecule has 2 aliphatic heterocycles. The average Bonchev–Trinajstić information content (AvgIpc) is 3.18. The number of piperidine rings is 1. The second-order valence-electron chi connectivity index (χ2n) is 13.9. The van der Waals surface area contributed by atoms with Gasteiger partial charge < -0.3 is 24.3 Å². The number of hydrogen-bond acceptors (Lipinski definition) is 12. The van der Waals surface area contributed by atoms with E-state index in [2.05, 4.69) is 25.2 Å². The molecule has 0 bridgehead atoms. The standard InChI is InChI=1S/C40H47N7O7S/c1-45-22-32(29-12-15-41-19-31(29)39(45)51)26-16-35(53-3)33(36(17-26)54-4)23-47-20-28(21-47)55-43-14-7-5-6-13-42-27-9-8-25(24-48)30(18-27)40(52)46(2)34-10-11-37(49)44-38(34)50/h8-9,12,15-19,22,24,28,34,42-43H,5-7,10-11,13-14,20-21,23H2,1-4H3,(H,44,49,50). The van der Waals surface area contributed by atoms with Crippen LogP contribution in [0.4, 0.5) is 5.69 Å². The minimum Gasteiger partial charge on any atom is -0.496 e. The number of carbonyl (C=O) groups excluding carboxylic acids is 4. The molecule has 2 aromatic carbocycles. The van der Waals surface area contributed by atoms with Crippen LogP contribution in [0, 0.1) is 0 Å². The van der Waals surface area contributed by atoms with Gasteiger partial charge in [0.15, 0.2) is 6.29 Å². The van der Waals surface area contributed by atoms with Crippen molar-refractivity contribution in [3.05, 3.63) is 82.0 Å². The molecular formula is C40H47N7O7S. The van der Waals surface area contributed by atoms with Crippen molar-refractivity contribution in [1.82, 2.24) is 29.4 Å². The van der Waals surface area contributed by atoms with Gasteiger partial charge in [0, 0.05) is 93.9 Å². The second-order valence-corrected chi connectivity index (χ2v) is 15.0. The summed E-state index contributed by atoms with van der Waals surface area (Å²) in [5, 5.41) is 7.47. The van der Waals surface area contributed by atoms with E-state index < -0.39 is 17.9 Å². The number of ether oxygens (including phenoxy) is 2. The molecule has 2 aromatic heterocycles. The van der Waals surface area contributed by atoms with E-state index in [1.54, 1.807) is 68.4 Å². The molecule has 3 amide bonds. The number of methoxy groups -OCH3 is 2. The smallest absolute Gasteiger partial charge is 0.259 e. The number of carbonyl (C=O) groups is 4. The van der Waals surface area contributed by atoms with Crippen molar-refractivity contribution in [3.63, 3.8) is 0 Å². The third-order valence-electron chi connectivity index (χ3n) is 10.2. The quantitative estimate of drug-likeness (QED) is 0.0613. The maximum absolute atomic E-state index is 13.3. The van der Waals surface area contributed by atoms with Gasteiger partial charge in [0.2, 0.25) is 11.8 Å². The average molecular weight is 770 g/mol. The lowest BCUT2D eigenvalue weighted by atomic mass is 9.98. The van der Waals surface area contributed by atoms with Crippen LogP contribution < -0.4 is 30.4 Å². The monoisotopic (exact) mass is 769 g/mol. The Kier molecular flexibility index (Phi) is 12.9. The van der Waals surface area contributed by atoms with E-state index in [9.17, 15) is 24.0 Å². The van der Waals surface area contributed by atoms with Gasteiger partial charge in [-0.3, -0.25) is 43.9 Å². The highest BCUT2D eigenvalue weighted by atomic mass is 32.2. The number of pyridine rings is 2. The molecule has 2 fully saturated rings. The lowest BCUT2D eigenvalue weighted by Crippen LogP contribution is -2.53. The van der Waals surface area contributed by atoms with E-state index in [1.807, 2.05) is 24.4 Å². The largest absolute Gasteiger partial charge is 0.496 e. The van der Waals surface area contributed by atoms with Gasteiger partial charge in [-0.15, -0.1) is 0 Å². The number of likely N-dealkylation sites (tertiary alicyclic amines) is 1. The number of unbranched alkanes of at least 4 members (excludes halogenated alkanes) is 2. The van der Waals surface area contributed by atoms with Gasteiger partial charge in [0.05, 0.1) is 30.7 Å². The van der Waals surface area contributed by atoms with Crippen LogP contribution in [0.25, 0.3) is 21.9 Å². The van der Waals surface area contributed by atoms with Crippen LogP contribution >= 0.6 is 11.9 Å². The normalized spacial score (nSPS) is 16.0. The SMILES string of the molecule is COc1cc(-c2cn(C)c(=O)c3cnccc23)cc(OC)c1CN1CC(SNCCCCCNc2ccc(C=O)c(C(=O)N(C)C3CCC(=O)NC3=O)c2)C1. The Morgan fingerprint density at radius 3 is 2.49 bits per heavy atom. The third kappa shape index (κ3) is 9.01. The van der Waals surface area contributed by atoms with Crippen LogP contribution in [0.1, 0.15) is 58.4 Å². The van der Waals surface area contributed by atoms with Gasteiger partial charge in [-0.25, -0.2) is 0 Å². The Morgan fingerprint density at radius 2 is 1.78 bits per heavy atom. The number of rotatable bonds is 17. The Bertz CT molecular complexity index is 2110. The van der Waals surface area contributed by atoms with Crippen molar-refractivity contribution in [2.24, 2.45) is 7.05 Å². The molecule has 0 aliphatic carbocycles. The molecule has 6 rings (SSSR count). The fourth-order valence-corrected chi connectivity index (χ4v) is 8.10. The molecule has 0 spiro atoms. The summed E-state index contributed by atoms with van der Waals surface area (Å²) in [6, 6.07) is 10.1. The zero-order valence-electron chi connectivity index (χ0n) is 31.6. The summed E-state index contributed by atoms with van der Waals surface area (Å²) in [4.78, 5) is 69.3. The van der Waals surface area contributed by atoms with E-state index in [0.29, 0.717) is 30.0 Å². The van der Waals surface area contributed by atoms with Crippen LogP contribution in [0.2, 0.25) is 0 Å². The number of imide groups is 1. The van der Waals surface area contributed by atoms with Crippen molar-refractivity contribution in [1.29, 1.82) is 0 Å². The van der Waals surface area contributed by atoms with Gasteiger partial charge in [-0.1, -0.05) is 18.4 Å². The molecule has 1 unspecified atom stereocenters. The molecule has 14 nitrogen and oxygen atoms in total. The van der Waals surface area contributed by atoms with Crippen LogP contribution in [0.3, 0.4) is 0 Å². The summed E-state index contributed by atoms with van der Waals surface area (Å²) < 4.78 is 16.8. The van der Waals surface area contributed by atoms with Crippen LogP contribution in [-0.4, -0.2) is 102 Å². The summed E-state index contributed by atoms with van der Waals surface area (Å²) in [7, 11) is 6.58. The second kappa shape index (κ2) is 17.9. The lowest BCUT2D eigenvalue weighted by Gasteiger charge is -2.39. The van der Waals surface area contributed by atoms with Crippen molar-refractivity contribution in [2.45, 2.75) is 49.9 Å². The lowest BCUT2D eigenvalue weighted by molar-refractivity contribution is -0.136. The molecule has 2 aliphatic rings. The van der Waals surface area contributed by atoms with Crippen LogP contribution in [0.15, 0.2) is 59.8 Å². The summed E-state index contributed by atoms with van der Waals surface area (Å²) in [6.45, 7) is 4.16. The number of anilines is 1. The third-order valence-corrected chi connectivity index (χ3v) is 11.2. The number of fused-ring (bicyclic) bond motifs is 1.